The number of benzene rings is 2. The van der Waals surface area contributed by atoms with Gasteiger partial charge in [-0.3, -0.25) is 4.79 Å². The van der Waals surface area contributed by atoms with Gasteiger partial charge in [0.25, 0.3) is 5.91 Å². The van der Waals surface area contributed by atoms with E-state index < -0.39 is 0 Å². The summed E-state index contributed by atoms with van der Waals surface area (Å²) in [6.07, 6.45) is 0. The summed E-state index contributed by atoms with van der Waals surface area (Å²) in [6, 6.07) is 17.1. The smallest absolute Gasteiger partial charge is 0.255 e. The van der Waals surface area contributed by atoms with Crippen molar-refractivity contribution in [3.63, 3.8) is 0 Å². The van der Waals surface area contributed by atoms with Gasteiger partial charge in [0.15, 0.2) is 11.5 Å². The van der Waals surface area contributed by atoms with Crippen LogP contribution in [0.25, 0.3) is 16.9 Å². The predicted molar refractivity (Wildman–Crippen MR) is 105 cm³/mol. The molecule has 0 aliphatic heterocycles. The summed E-state index contributed by atoms with van der Waals surface area (Å²) in [7, 11) is 0. The van der Waals surface area contributed by atoms with E-state index in [1.54, 1.807) is 4.52 Å². The molecule has 4 aromatic rings. The third-order valence-electron chi connectivity index (χ3n) is 4.60. The van der Waals surface area contributed by atoms with E-state index >= 15 is 0 Å². The lowest BCUT2D eigenvalue weighted by atomic mass is 10.1. The van der Waals surface area contributed by atoms with Crippen LogP contribution in [-0.2, 0) is 0 Å². The second kappa shape index (κ2) is 6.64. The third-order valence-corrected chi connectivity index (χ3v) is 4.60. The van der Waals surface area contributed by atoms with Crippen LogP contribution in [0.3, 0.4) is 0 Å². The first-order valence-corrected chi connectivity index (χ1v) is 8.69. The van der Waals surface area contributed by atoms with Gasteiger partial charge in [-0.05, 0) is 68.3 Å². The van der Waals surface area contributed by atoms with Gasteiger partial charge < -0.3 is 5.32 Å². The molecule has 2 heterocycles. The van der Waals surface area contributed by atoms with Gasteiger partial charge in [0, 0.05) is 16.8 Å². The van der Waals surface area contributed by atoms with Gasteiger partial charge in [-0.25, -0.2) is 0 Å². The fourth-order valence-corrected chi connectivity index (χ4v) is 2.89. The molecule has 1 N–H and O–H groups in total. The first-order chi connectivity index (χ1) is 13.0. The Kier molecular flexibility index (Phi) is 4.16. The van der Waals surface area contributed by atoms with Crippen LogP contribution in [0.5, 0.6) is 0 Å². The van der Waals surface area contributed by atoms with Gasteiger partial charge in [0.2, 0.25) is 0 Å². The minimum Gasteiger partial charge on any atom is -0.322 e. The van der Waals surface area contributed by atoms with E-state index in [-0.39, 0.29) is 5.91 Å². The number of fused-ring (bicyclic) bond motifs is 1. The van der Waals surface area contributed by atoms with Crippen molar-refractivity contribution in [1.29, 1.82) is 0 Å². The summed E-state index contributed by atoms with van der Waals surface area (Å²) in [5.74, 6) is 0.597. The summed E-state index contributed by atoms with van der Waals surface area (Å²) in [6.45, 7) is 5.89. The fourth-order valence-electron chi connectivity index (χ4n) is 2.89. The first kappa shape index (κ1) is 16.9. The molecule has 2 aromatic carbocycles. The molecule has 0 spiro atoms. The van der Waals surface area contributed by atoms with Crippen molar-refractivity contribution in [2.75, 3.05) is 5.32 Å². The summed E-state index contributed by atoms with van der Waals surface area (Å²) in [5.41, 5.74) is 6.02. The topological polar surface area (TPSA) is 72.2 Å². The molecule has 6 heteroatoms. The molecule has 0 saturated heterocycles. The van der Waals surface area contributed by atoms with E-state index in [1.807, 2.05) is 75.4 Å². The molecular weight excluding hydrogens is 338 g/mol. The zero-order valence-corrected chi connectivity index (χ0v) is 15.4. The predicted octanol–water partition coefficient (Wildman–Crippen LogP) is 3.97. The van der Waals surface area contributed by atoms with Crippen molar-refractivity contribution in [3.05, 3.63) is 77.1 Å². The van der Waals surface area contributed by atoms with Crippen LogP contribution < -0.4 is 5.32 Å². The van der Waals surface area contributed by atoms with E-state index in [0.29, 0.717) is 11.2 Å². The van der Waals surface area contributed by atoms with Crippen molar-refractivity contribution < 1.29 is 4.79 Å². The molecule has 1 amide bonds. The van der Waals surface area contributed by atoms with Gasteiger partial charge >= 0.3 is 0 Å². The summed E-state index contributed by atoms with van der Waals surface area (Å²) >= 11 is 0. The van der Waals surface area contributed by atoms with Crippen LogP contribution in [-0.4, -0.2) is 25.7 Å². The lowest BCUT2D eigenvalue weighted by Crippen LogP contribution is -2.12. The maximum absolute atomic E-state index is 12.6. The number of rotatable bonds is 3. The Morgan fingerprint density at radius 2 is 1.78 bits per heavy atom. The van der Waals surface area contributed by atoms with E-state index in [4.69, 9.17) is 0 Å². The van der Waals surface area contributed by atoms with Crippen LogP contribution in [0.15, 0.2) is 54.6 Å². The molecule has 27 heavy (non-hydrogen) atoms. The van der Waals surface area contributed by atoms with Gasteiger partial charge in [-0.2, -0.15) is 9.61 Å². The minimum absolute atomic E-state index is 0.131. The number of amides is 1. The number of hydrogen-bond donors (Lipinski definition) is 1. The molecule has 0 saturated carbocycles. The van der Waals surface area contributed by atoms with E-state index in [9.17, 15) is 4.79 Å². The molecule has 2 aromatic heterocycles. The minimum atomic E-state index is -0.131. The Hall–Kier alpha value is -3.54. The number of nitrogens with one attached hydrogen (secondary N) is 1. The second-order valence-electron chi connectivity index (χ2n) is 6.57. The van der Waals surface area contributed by atoms with E-state index in [0.717, 1.165) is 28.3 Å². The largest absolute Gasteiger partial charge is 0.322 e. The number of aromatic nitrogens is 4. The summed E-state index contributed by atoms with van der Waals surface area (Å²) in [5, 5.41) is 15.6. The SMILES string of the molecule is Cc1ccc(C(=O)Nc2cccc(-c3ccc4nnc(C)n4n3)c2)cc1C. The van der Waals surface area contributed by atoms with Crippen molar-refractivity contribution in [3.8, 4) is 11.3 Å². The molecule has 0 atom stereocenters. The molecule has 134 valence electrons. The highest BCUT2D eigenvalue weighted by Crippen LogP contribution is 2.22. The molecule has 0 unspecified atom stereocenters. The zero-order chi connectivity index (χ0) is 19.0. The Balaban J connectivity index is 1.62. The molecule has 0 radical (unpaired) electrons. The number of hydrogen-bond acceptors (Lipinski definition) is 4. The van der Waals surface area contributed by atoms with Crippen molar-refractivity contribution in [2.45, 2.75) is 20.8 Å². The van der Waals surface area contributed by atoms with Gasteiger partial charge in [-0.1, -0.05) is 18.2 Å². The fraction of sp³-hybridized carbons (Fsp3) is 0.143. The van der Waals surface area contributed by atoms with Crippen LogP contribution in [0.2, 0.25) is 0 Å². The lowest BCUT2D eigenvalue weighted by Gasteiger charge is -2.09. The molecule has 4 rings (SSSR count). The highest BCUT2D eigenvalue weighted by Gasteiger charge is 2.09. The molecule has 0 aliphatic carbocycles. The second-order valence-corrected chi connectivity index (χ2v) is 6.57. The number of anilines is 1. The van der Waals surface area contributed by atoms with Gasteiger partial charge in [0.1, 0.15) is 0 Å². The number of carbonyl (C=O) groups is 1. The van der Waals surface area contributed by atoms with Crippen molar-refractivity contribution >= 4 is 17.2 Å². The first-order valence-electron chi connectivity index (χ1n) is 8.69. The number of aryl methyl sites for hydroxylation is 3. The van der Waals surface area contributed by atoms with Crippen LogP contribution in [0.4, 0.5) is 5.69 Å². The number of carbonyl (C=O) groups excluding carboxylic acids is 1. The molecule has 0 fully saturated rings. The maximum atomic E-state index is 12.6. The van der Waals surface area contributed by atoms with Gasteiger partial charge in [-0.15, -0.1) is 10.2 Å². The highest BCUT2D eigenvalue weighted by atomic mass is 16.1. The molecule has 0 bridgehead atoms. The van der Waals surface area contributed by atoms with Gasteiger partial charge in [0.05, 0.1) is 5.69 Å². The Bertz CT molecular complexity index is 1160. The van der Waals surface area contributed by atoms with Crippen molar-refractivity contribution in [2.24, 2.45) is 0 Å². The summed E-state index contributed by atoms with van der Waals surface area (Å²) < 4.78 is 1.70. The van der Waals surface area contributed by atoms with Crippen LogP contribution in [0, 0.1) is 20.8 Å². The third kappa shape index (κ3) is 3.29. The average molecular weight is 357 g/mol. The monoisotopic (exact) mass is 357 g/mol. The average Bonchev–Trinajstić information content (AvgIpc) is 3.04. The quantitative estimate of drug-likeness (QED) is 0.602. The van der Waals surface area contributed by atoms with E-state index in [2.05, 4.69) is 20.6 Å². The van der Waals surface area contributed by atoms with Crippen molar-refractivity contribution in [1.82, 2.24) is 19.8 Å². The maximum Gasteiger partial charge on any atom is 0.255 e. The molecule has 6 nitrogen and oxygen atoms in total. The standard InChI is InChI=1S/C21H19N5O/c1-13-7-8-17(11-14(13)2)21(27)22-18-6-4-5-16(12-18)19-9-10-20-24-23-15(3)26(20)25-19/h4-12H,1-3H3,(H,22,27). The Morgan fingerprint density at radius 1 is 0.926 bits per heavy atom. The Labute approximate surface area is 156 Å². The van der Waals surface area contributed by atoms with Crippen LogP contribution in [0.1, 0.15) is 27.3 Å². The zero-order valence-electron chi connectivity index (χ0n) is 15.4. The highest BCUT2D eigenvalue weighted by molar-refractivity contribution is 6.04. The summed E-state index contributed by atoms with van der Waals surface area (Å²) in [4.78, 5) is 12.6. The van der Waals surface area contributed by atoms with Crippen LogP contribution >= 0.6 is 0 Å². The normalized spacial score (nSPS) is 10.9. The lowest BCUT2D eigenvalue weighted by molar-refractivity contribution is 0.102. The van der Waals surface area contributed by atoms with E-state index in [1.165, 1.54) is 5.56 Å². The number of nitrogens with zero attached hydrogens (tertiary/aromatic N) is 4. The Morgan fingerprint density at radius 3 is 2.59 bits per heavy atom. The molecular formula is C21H19N5O. The molecule has 0 aliphatic rings.